The average molecular weight is 302 g/mol. The highest BCUT2D eigenvalue weighted by atomic mass is 32.2. The van der Waals surface area contributed by atoms with E-state index in [0.29, 0.717) is 5.56 Å². The molecule has 0 aliphatic heterocycles. The molecule has 6 heteroatoms. The molecule has 2 aromatic rings. The molecule has 1 aromatic carbocycles. The number of amidine groups is 1. The third-order valence-electron chi connectivity index (χ3n) is 3.06. The summed E-state index contributed by atoms with van der Waals surface area (Å²) in [7, 11) is 0. The lowest BCUT2D eigenvalue weighted by molar-refractivity contribution is 0.318. The quantitative estimate of drug-likeness (QED) is 0.226. The van der Waals surface area contributed by atoms with Crippen molar-refractivity contribution in [3.63, 3.8) is 0 Å². The summed E-state index contributed by atoms with van der Waals surface area (Å²) in [5.74, 6) is 0.903. The number of nitrogens with zero attached hydrogens (tertiary/aromatic N) is 3. The molecule has 0 radical (unpaired) electrons. The first-order valence-corrected chi connectivity index (χ1v) is 7.50. The molecular formula is C15H18N4OS. The number of rotatable bonds is 4. The molecule has 0 spiro atoms. The molecule has 0 saturated carbocycles. The predicted octanol–water partition coefficient (Wildman–Crippen LogP) is 2.79. The zero-order chi connectivity index (χ0) is 15.4. The number of nitrogens with two attached hydrogens (primary N) is 1. The van der Waals surface area contributed by atoms with Gasteiger partial charge in [0.15, 0.2) is 11.0 Å². The van der Waals surface area contributed by atoms with E-state index in [1.807, 2.05) is 45.0 Å². The van der Waals surface area contributed by atoms with E-state index in [2.05, 4.69) is 15.1 Å². The molecule has 0 bridgehead atoms. The van der Waals surface area contributed by atoms with Gasteiger partial charge in [0.2, 0.25) is 0 Å². The van der Waals surface area contributed by atoms with Gasteiger partial charge in [-0.25, -0.2) is 9.97 Å². The minimum atomic E-state index is 0.120. The molecule has 0 amide bonds. The summed E-state index contributed by atoms with van der Waals surface area (Å²) in [5, 5.41) is 12.5. The Bertz CT molecular complexity index is 665. The van der Waals surface area contributed by atoms with Crippen LogP contribution in [0.3, 0.4) is 0 Å². The number of hydrogen-bond donors (Lipinski definition) is 2. The lowest BCUT2D eigenvalue weighted by Gasteiger charge is -2.08. The van der Waals surface area contributed by atoms with Crippen molar-refractivity contribution in [1.29, 1.82) is 0 Å². The van der Waals surface area contributed by atoms with Crippen LogP contribution in [0.1, 0.15) is 28.1 Å². The van der Waals surface area contributed by atoms with Gasteiger partial charge in [-0.15, -0.1) is 0 Å². The Morgan fingerprint density at radius 3 is 2.43 bits per heavy atom. The second-order valence-electron chi connectivity index (χ2n) is 4.85. The molecule has 0 unspecified atom stereocenters. The van der Waals surface area contributed by atoms with E-state index in [-0.39, 0.29) is 5.84 Å². The van der Waals surface area contributed by atoms with Crippen LogP contribution in [-0.4, -0.2) is 21.0 Å². The Balaban J connectivity index is 2.13. The Labute approximate surface area is 128 Å². The van der Waals surface area contributed by atoms with Crippen LogP contribution in [-0.2, 0) is 5.75 Å². The number of thioether (sulfide) groups is 1. The van der Waals surface area contributed by atoms with Crippen molar-refractivity contribution in [1.82, 2.24) is 9.97 Å². The highest BCUT2D eigenvalue weighted by molar-refractivity contribution is 7.98. The normalized spacial score (nSPS) is 11.7. The fourth-order valence-electron chi connectivity index (χ4n) is 1.98. The predicted molar refractivity (Wildman–Crippen MR) is 84.8 cm³/mol. The highest BCUT2D eigenvalue weighted by Gasteiger charge is 2.06. The van der Waals surface area contributed by atoms with E-state index in [4.69, 9.17) is 10.9 Å². The van der Waals surface area contributed by atoms with Gasteiger partial charge in [0.1, 0.15) is 0 Å². The molecule has 2 rings (SSSR count). The van der Waals surface area contributed by atoms with Crippen LogP contribution in [0, 0.1) is 20.8 Å². The SMILES string of the molecule is Cc1cc(C)nc(SCc2ccc(/C(N)=N/O)cc2C)n1. The van der Waals surface area contributed by atoms with Gasteiger partial charge >= 0.3 is 0 Å². The minimum Gasteiger partial charge on any atom is -0.409 e. The van der Waals surface area contributed by atoms with E-state index >= 15 is 0 Å². The van der Waals surface area contributed by atoms with Gasteiger partial charge in [-0.1, -0.05) is 29.1 Å². The zero-order valence-corrected chi connectivity index (χ0v) is 13.1. The fourth-order valence-corrected chi connectivity index (χ4v) is 3.00. The van der Waals surface area contributed by atoms with E-state index in [1.165, 1.54) is 5.56 Å². The number of oxime groups is 1. The number of hydrogen-bond acceptors (Lipinski definition) is 5. The maximum atomic E-state index is 8.69. The van der Waals surface area contributed by atoms with Crippen LogP contribution in [0.5, 0.6) is 0 Å². The topological polar surface area (TPSA) is 84.4 Å². The maximum Gasteiger partial charge on any atom is 0.188 e. The first-order valence-electron chi connectivity index (χ1n) is 6.52. The van der Waals surface area contributed by atoms with Crippen LogP contribution < -0.4 is 5.73 Å². The molecule has 0 fully saturated rings. The molecule has 1 aromatic heterocycles. The molecule has 21 heavy (non-hydrogen) atoms. The third kappa shape index (κ3) is 3.95. The number of benzene rings is 1. The van der Waals surface area contributed by atoms with Crippen molar-refractivity contribution >= 4 is 17.6 Å². The Hall–Kier alpha value is -2.08. The second kappa shape index (κ2) is 6.58. The number of aromatic nitrogens is 2. The molecule has 5 nitrogen and oxygen atoms in total. The van der Waals surface area contributed by atoms with Crippen LogP contribution >= 0.6 is 11.8 Å². The smallest absolute Gasteiger partial charge is 0.188 e. The standard InChI is InChI=1S/C15H18N4OS/c1-9-6-12(14(16)19-20)4-5-13(9)8-21-15-17-10(2)7-11(3)18-15/h4-7,20H,8H2,1-3H3,(H2,16,19). The van der Waals surface area contributed by atoms with Gasteiger partial charge in [0.05, 0.1) is 0 Å². The second-order valence-corrected chi connectivity index (χ2v) is 5.79. The molecule has 0 saturated heterocycles. The Kier molecular flexibility index (Phi) is 4.80. The Morgan fingerprint density at radius 1 is 1.19 bits per heavy atom. The Morgan fingerprint density at radius 2 is 1.86 bits per heavy atom. The summed E-state index contributed by atoms with van der Waals surface area (Å²) in [5.41, 5.74) is 10.5. The van der Waals surface area contributed by atoms with Crippen LogP contribution in [0.25, 0.3) is 0 Å². The molecule has 110 valence electrons. The van der Waals surface area contributed by atoms with Crippen LogP contribution in [0.2, 0.25) is 0 Å². The fraction of sp³-hybridized carbons (Fsp3) is 0.267. The van der Waals surface area contributed by atoms with E-state index in [1.54, 1.807) is 11.8 Å². The number of aryl methyl sites for hydroxylation is 3. The van der Waals surface area contributed by atoms with Crippen LogP contribution in [0.15, 0.2) is 34.6 Å². The molecule has 0 aliphatic carbocycles. The van der Waals surface area contributed by atoms with E-state index in [9.17, 15) is 0 Å². The van der Waals surface area contributed by atoms with Gasteiger partial charge in [-0.3, -0.25) is 0 Å². The summed E-state index contributed by atoms with van der Waals surface area (Å²) >= 11 is 1.60. The van der Waals surface area contributed by atoms with Gasteiger partial charge < -0.3 is 10.9 Å². The molecular weight excluding hydrogens is 284 g/mol. The van der Waals surface area contributed by atoms with Gasteiger partial charge in [-0.05, 0) is 44.0 Å². The van der Waals surface area contributed by atoms with Gasteiger partial charge in [-0.2, -0.15) is 0 Å². The summed E-state index contributed by atoms with van der Waals surface area (Å²) in [6.45, 7) is 5.94. The molecule has 3 N–H and O–H groups in total. The lowest BCUT2D eigenvalue weighted by Crippen LogP contribution is -2.13. The van der Waals surface area contributed by atoms with Crippen molar-refractivity contribution in [2.45, 2.75) is 31.7 Å². The van der Waals surface area contributed by atoms with Crippen molar-refractivity contribution < 1.29 is 5.21 Å². The molecule has 0 atom stereocenters. The first kappa shape index (κ1) is 15.3. The van der Waals surface area contributed by atoms with E-state index < -0.39 is 0 Å². The summed E-state index contributed by atoms with van der Waals surface area (Å²) in [6, 6.07) is 7.70. The minimum absolute atomic E-state index is 0.120. The van der Waals surface area contributed by atoms with Crippen LogP contribution in [0.4, 0.5) is 0 Å². The van der Waals surface area contributed by atoms with Gasteiger partial charge in [0.25, 0.3) is 0 Å². The summed E-state index contributed by atoms with van der Waals surface area (Å²) in [4.78, 5) is 8.83. The largest absolute Gasteiger partial charge is 0.409 e. The van der Waals surface area contributed by atoms with E-state index in [0.717, 1.165) is 27.9 Å². The molecule has 0 aliphatic rings. The molecule has 1 heterocycles. The van der Waals surface area contributed by atoms with Crippen molar-refractivity contribution in [2.75, 3.05) is 0 Å². The first-order chi connectivity index (χ1) is 9.99. The average Bonchev–Trinajstić information content (AvgIpc) is 2.44. The van der Waals surface area contributed by atoms with Gasteiger partial charge in [0, 0.05) is 22.7 Å². The summed E-state index contributed by atoms with van der Waals surface area (Å²) < 4.78 is 0. The summed E-state index contributed by atoms with van der Waals surface area (Å²) in [6.07, 6.45) is 0. The third-order valence-corrected chi connectivity index (χ3v) is 3.96. The monoisotopic (exact) mass is 302 g/mol. The zero-order valence-electron chi connectivity index (χ0n) is 12.3. The lowest BCUT2D eigenvalue weighted by atomic mass is 10.1. The van der Waals surface area contributed by atoms with Crippen molar-refractivity contribution in [2.24, 2.45) is 10.9 Å². The highest BCUT2D eigenvalue weighted by Crippen LogP contribution is 2.22. The van der Waals surface area contributed by atoms with Crippen molar-refractivity contribution in [3.8, 4) is 0 Å². The van der Waals surface area contributed by atoms with Crippen molar-refractivity contribution in [3.05, 3.63) is 52.3 Å². The maximum absolute atomic E-state index is 8.69.